The Labute approximate surface area is 333 Å². The minimum absolute atomic E-state index is 0.121. The number of likely N-dealkylation sites (N-methyl/N-ethyl adjacent to an activating group) is 1. The van der Waals surface area contributed by atoms with Gasteiger partial charge in [-0.05, 0) is 105 Å². The van der Waals surface area contributed by atoms with Crippen LogP contribution in [0, 0.1) is 18.3 Å². The van der Waals surface area contributed by atoms with Gasteiger partial charge < -0.3 is 24.5 Å². The van der Waals surface area contributed by atoms with E-state index in [1.165, 1.54) is 52.9 Å². The van der Waals surface area contributed by atoms with Gasteiger partial charge in [0.25, 0.3) is 0 Å². The van der Waals surface area contributed by atoms with Crippen molar-refractivity contribution in [3.8, 4) is 0 Å². The lowest BCUT2D eigenvalue weighted by Crippen LogP contribution is -2.81. The molecule has 1 saturated carbocycles. The molecular weight excluding hydrogens is 756 g/mol. The first-order valence-electron chi connectivity index (χ1n) is 20.3. The van der Waals surface area contributed by atoms with Gasteiger partial charge in [-0.25, -0.2) is 4.79 Å². The monoisotopic (exact) mass is 810 g/mol. The summed E-state index contributed by atoms with van der Waals surface area (Å²) in [5.74, 6) is -0.912. The van der Waals surface area contributed by atoms with Crippen molar-refractivity contribution in [1.82, 2.24) is 14.8 Å². The maximum absolute atomic E-state index is 14.3. The number of ether oxygens (including phenoxy) is 2. The second kappa shape index (κ2) is 12.8. The Morgan fingerprint density at radius 2 is 1.91 bits per heavy atom. The maximum atomic E-state index is 14.3. The molecular formula is C45H55BrN4O5. The summed E-state index contributed by atoms with van der Waals surface area (Å²) in [6.45, 7) is 15.1. The number of carbonyl (C=O) groups excluding carboxylic acids is 2. The van der Waals surface area contributed by atoms with E-state index >= 15 is 0 Å². The molecule has 5 aliphatic heterocycles. The molecule has 1 spiro atoms. The fourth-order valence-electron chi connectivity index (χ4n) is 13.0. The molecule has 9 rings (SSSR count). The van der Waals surface area contributed by atoms with Crippen molar-refractivity contribution in [3.63, 3.8) is 0 Å². The third-order valence-corrected chi connectivity index (χ3v) is 15.5. The number of H-pyrrole nitrogens is 1. The van der Waals surface area contributed by atoms with E-state index in [1.54, 1.807) is 0 Å². The van der Waals surface area contributed by atoms with E-state index in [0.717, 1.165) is 74.1 Å². The van der Waals surface area contributed by atoms with Crippen LogP contribution in [0.4, 0.5) is 5.69 Å². The molecule has 292 valence electrons. The van der Waals surface area contributed by atoms with Gasteiger partial charge in [-0.3, -0.25) is 14.6 Å². The van der Waals surface area contributed by atoms with Crippen LogP contribution in [-0.4, -0.2) is 102 Å². The number of aromatic amines is 1. The summed E-state index contributed by atoms with van der Waals surface area (Å²) in [6.07, 6.45) is 9.98. The quantitative estimate of drug-likeness (QED) is 0.217. The van der Waals surface area contributed by atoms with Crippen molar-refractivity contribution in [2.45, 2.75) is 101 Å². The summed E-state index contributed by atoms with van der Waals surface area (Å²) < 4.78 is 12.8. The van der Waals surface area contributed by atoms with Crippen LogP contribution < -0.4 is 4.90 Å². The Morgan fingerprint density at radius 1 is 1.11 bits per heavy atom. The van der Waals surface area contributed by atoms with Crippen LogP contribution in [0.1, 0.15) is 81.3 Å². The van der Waals surface area contributed by atoms with Crippen LogP contribution in [0.2, 0.25) is 0 Å². The van der Waals surface area contributed by atoms with Gasteiger partial charge in [-0.2, -0.15) is 0 Å². The number of aliphatic hydroxyl groups is 1. The van der Waals surface area contributed by atoms with Gasteiger partial charge in [0.1, 0.15) is 0 Å². The molecule has 6 heterocycles. The topological polar surface area (TPSA) is 98.3 Å². The number of halogens is 1. The van der Waals surface area contributed by atoms with Crippen molar-refractivity contribution in [2.75, 3.05) is 51.8 Å². The zero-order valence-corrected chi connectivity index (χ0v) is 34.9. The summed E-state index contributed by atoms with van der Waals surface area (Å²) in [6, 6.07) is 10.5. The molecule has 3 aromatic rings. The van der Waals surface area contributed by atoms with Gasteiger partial charge in [0.2, 0.25) is 5.60 Å². The number of esters is 2. The number of aromatic nitrogens is 1. The summed E-state index contributed by atoms with van der Waals surface area (Å²) in [5.41, 5.74) is 5.96. The van der Waals surface area contributed by atoms with Crippen LogP contribution >= 0.6 is 15.9 Å². The number of aryl methyl sites for hydroxylation is 1. The normalized spacial score (nSPS) is 36.2. The molecule has 1 aliphatic carbocycles. The Kier molecular flexibility index (Phi) is 8.64. The van der Waals surface area contributed by atoms with Gasteiger partial charge in [0.05, 0.1) is 13.2 Å². The summed E-state index contributed by atoms with van der Waals surface area (Å²) in [5, 5.41) is 14.5. The number of nitrogens with zero attached hydrogens (tertiary/aromatic N) is 3. The number of methoxy groups -OCH3 is 1. The predicted octanol–water partition coefficient (Wildman–Crippen LogP) is 6.71. The van der Waals surface area contributed by atoms with E-state index in [-0.39, 0.29) is 11.5 Å². The second-order valence-corrected chi connectivity index (χ2v) is 18.6. The number of fused-ring (bicyclic) bond motifs is 6. The average molecular weight is 812 g/mol. The SMILES string of the molecule is CCC1=C[C@@H]2CN(CCc3c([nH]c4ccc(Br)cc34)[C@@](C)(c3cc4c(cc3C)N(C)C3C(O)(C(=O)OC)[C@H](OC(C)=O)[C@]5(CC)C=CCN6CC[C@]43[C@@H]65)C2)C1. The molecule has 55 heavy (non-hydrogen) atoms. The van der Waals surface area contributed by atoms with E-state index in [2.05, 4.69) is 112 Å². The van der Waals surface area contributed by atoms with E-state index in [4.69, 9.17) is 9.47 Å². The molecule has 2 aromatic carbocycles. The van der Waals surface area contributed by atoms with Crippen molar-refractivity contribution in [2.24, 2.45) is 11.3 Å². The number of benzene rings is 2. The number of nitrogens with one attached hydrogen (secondary N) is 1. The van der Waals surface area contributed by atoms with Gasteiger partial charge in [0.15, 0.2) is 6.10 Å². The fourth-order valence-corrected chi connectivity index (χ4v) is 13.4. The molecule has 1 aromatic heterocycles. The Balaban J connectivity index is 1.31. The van der Waals surface area contributed by atoms with Crippen molar-refractivity contribution in [1.29, 1.82) is 0 Å². The average Bonchev–Trinajstić information content (AvgIpc) is 3.82. The van der Waals surface area contributed by atoms with Crippen molar-refractivity contribution >= 4 is 44.5 Å². The largest absolute Gasteiger partial charge is 0.467 e. The predicted molar refractivity (Wildman–Crippen MR) is 218 cm³/mol. The van der Waals surface area contributed by atoms with Gasteiger partial charge in [0, 0.05) is 89.2 Å². The molecule has 3 unspecified atom stereocenters. The fraction of sp³-hybridized carbons (Fsp3) is 0.556. The lowest BCUT2D eigenvalue weighted by atomic mass is 9.47. The molecule has 2 fully saturated rings. The van der Waals surface area contributed by atoms with Gasteiger partial charge in [-0.1, -0.05) is 59.6 Å². The highest BCUT2D eigenvalue weighted by atomic mass is 79.9. The highest BCUT2D eigenvalue weighted by Gasteiger charge is 2.80. The number of rotatable bonds is 5. The van der Waals surface area contributed by atoms with Gasteiger partial charge >= 0.3 is 11.9 Å². The molecule has 2 N–H and O–H groups in total. The first-order valence-corrected chi connectivity index (χ1v) is 21.1. The van der Waals surface area contributed by atoms with E-state index in [1.807, 2.05) is 7.05 Å². The molecule has 9 atom stereocenters. The first kappa shape index (κ1) is 37.2. The van der Waals surface area contributed by atoms with Crippen LogP contribution in [0.5, 0.6) is 0 Å². The lowest BCUT2D eigenvalue weighted by molar-refractivity contribution is -0.228. The zero-order chi connectivity index (χ0) is 38.8. The molecule has 0 radical (unpaired) electrons. The molecule has 6 aliphatic rings. The number of carbonyl (C=O) groups is 2. The number of anilines is 1. The second-order valence-electron chi connectivity index (χ2n) is 17.7. The Bertz CT molecular complexity index is 2180. The number of hydrogen-bond donors (Lipinski definition) is 2. The van der Waals surface area contributed by atoms with Crippen LogP contribution in [-0.2, 0) is 36.3 Å². The molecule has 0 amide bonds. The van der Waals surface area contributed by atoms with Crippen molar-refractivity contribution < 1.29 is 24.2 Å². The van der Waals surface area contributed by atoms with Crippen LogP contribution in [0.15, 0.2) is 58.6 Å². The molecule has 2 bridgehead atoms. The highest BCUT2D eigenvalue weighted by molar-refractivity contribution is 9.10. The maximum Gasteiger partial charge on any atom is 0.344 e. The first-order chi connectivity index (χ1) is 26.3. The zero-order valence-electron chi connectivity index (χ0n) is 33.3. The smallest absolute Gasteiger partial charge is 0.344 e. The van der Waals surface area contributed by atoms with E-state index in [9.17, 15) is 14.7 Å². The minimum Gasteiger partial charge on any atom is -0.467 e. The third kappa shape index (κ3) is 4.93. The Hall–Kier alpha value is -3.44. The van der Waals surface area contributed by atoms with E-state index < -0.39 is 40.5 Å². The third-order valence-electron chi connectivity index (χ3n) is 15.0. The molecule has 10 heteroatoms. The number of hydrogen-bond acceptors (Lipinski definition) is 8. The molecule has 9 nitrogen and oxygen atoms in total. The summed E-state index contributed by atoms with van der Waals surface area (Å²) in [7, 11) is 3.32. The summed E-state index contributed by atoms with van der Waals surface area (Å²) in [4.78, 5) is 38.5. The molecule has 1 saturated heterocycles. The standard InChI is InChI=1S/C45H55BrN4O5/c1-8-28-20-29-23-42(5,37-31(13-17-49(24-28)25-29)32-21-30(46)11-12-35(32)47-37)33-22-34-36(19-26(33)3)48(6)39-44(34)15-18-50-16-10-14-43(9-2,38(44)50)40(55-27(4)51)45(39,53)41(52)54-7/h10-12,14,19-22,29,38-40,47,53H,8-9,13,15-18,23-25H2,1-7H3/t29-,38-,39?,40+,42+,43+,44+,45?/m0/s1. The minimum atomic E-state index is -2.14. The van der Waals surface area contributed by atoms with Crippen LogP contribution in [0.3, 0.4) is 0 Å². The van der Waals surface area contributed by atoms with E-state index in [0.29, 0.717) is 12.3 Å². The summed E-state index contributed by atoms with van der Waals surface area (Å²) >= 11 is 3.79. The van der Waals surface area contributed by atoms with Gasteiger partial charge in [-0.15, -0.1) is 0 Å². The lowest BCUT2D eigenvalue weighted by Gasteiger charge is -2.63. The van der Waals surface area contributed by atoms with Crippen LogP contribution in [0.25, 0.3) is 10.9 Å². The highest BCUT2D eigenvalue weighted by Crippen LogP contribution is 2.68. The Morgan fingerprint density at radius 3 is 2.64 bits per heavy atom. The van der Waals surface area contributed by atoms with Crippen molar-refractivity contribution in [3.05, 3.63) is 86.6 Å².